The highest BCUT2D eigenvalue weighted by Crippen LogP contribution is 2.32. The summed E-state index contributed by atoms with van der Waals surface area (Å²) in [6.07, 6.45) is 0. The van der Waals surface area contributed by atoms with E-state index in [9.17, 15) is 22.9 Å². The molecule has 1 aliphatic heterocycles. The van der Waals surface area contributed by atoms with E-state index in [-0.39, 0.29) is 24.6 Å². The van der Waals surface area contributed by atoms with E-state index in [0.29, 0.717) is 0 Å². The quantitative estimate of drug-likeness (QED) is 0.647. The molecule has 0 saturated carbocycles. The summed E-state index contributed by atoms with van der Waals surface area (Å²) in [7, 11) is -4.10. The maximum atomic E-state index is 14.0. The zero-order valence-electron chi connectivity index (χ0n) is 14.0. The molecule has 2 aromatic carbocycles. The molecule has 1 saturated heterocycles. The minimum absolute atomic E-state index is 0.0607. The fourth-order valence-electron chi connectivity index (χ4n) is 3.17. The number of nitrogens with zero attached hydrogens (tertiary/aromatic N) is 2. The van der Waals surface area contributed by atoms with E-state index in [1.807, 2.05) is 30.3 Å². The summed E-state index contributed by atoms with van der Waals surface area (Å²) in [5.74, 6) is -1.13. The SMILES string of the molecule is Cc1c(F)cc(S(=O)(=O)N2C[C@@H](N)[C@H](c3ccccc3)C2)cc1[N+](=O)[O-]. The van der Waals surface area contributed by atoms with Crippen molar-refractivity contribution in [1.82, 2.24) is 4.31 Å². The van der Waals surface area contributed by atoms with Gasteiger partial charge in [-0.25, -0.2) is 12.8 Å². The van der Waals surface area contributed by atoms with Gasteiger partial charge in [-0.15, -0.1) is 0 Å². The van der Waals surface area contributed by atoms with Crippen molar-refractivity contribution in [2.45, 2.75) is 23.8 Å². The van der Waals surface area contributed by atoms with E-state index in [0.717, 1.165) is 22.0 Å². The average molecular weight is 379 g/mol. The van der Waals surface area contributed by atoms with Crippen LogP contribution < -0.4 is 5.73 Å². The Bertz CT molecular complexity index is 950. The fourth-order valence-corrected chi connectivity index (χ4v) is 4.70. The van der Waals surface area contributed by atoms with Crippen molar-refractivity contribution in [3.05, 3.63) is 69.5 Å². The Balaban J connectivity index is 1.96. The Morgan fingerprint density at radius 2 is 1.88 bits per heavy atom. The summed E-state index contributed by atoms with van der Waals surface area (Å²) in [6.45, 7) is 1.43. The van der Waals surface area contributed by atoms with Gasteiger partial charge < -0.3 is 5.73 Å². The molecule has 0 unspecified atom stereocenters. The zero-order valence-corrected chi connectivity index (χ0v) is 14.8. The van der Waals surface area contributed by atoms with Crippen LogP contribution in [0.15, 0.2) is 47.4 Å². The molecule has 2 aromatic rings. The van der Waals surface area contributed by atoms with Crippen molar-refractivity contribution < 1.29 is 17.7 Å². The van der Waals surface area contributed by atoms with Crippen LogP contribution >= 0.6 is 0 Å². The summed E-state index contributed by atoms with van der Waals surface area (Å²) < 4.78 is 40.9. The Morgan fingerprint density at radius 1 is 1.23 bits per heavy atom. The van der Waals surface area contributed by atoms with Crippen LogP contribution in [-0.4, -0.2) is 36.8 Å². The molecule has 9 heteroatoms. The predicted octanol–water partition coefficient (Wildman–Crippen LogP) is 2.16. The minimum atomic E-state index is -4.10. The molecule has 0 spiro atoms. The molecule has 3 rings (SSSR count). The van der Waals surface area contributed by atoms with E-state index >= 15 is 0 Å². The van der Waals surface area contributed by atoms with Crippen LogP contribution in [0.4, 0.5) is 10.1 Å². The van der Waals surface area contributed by atoms with Crippen LogP contribution in [0.3, 0.4) is 0 Å². The molecule has 1 heterocycles. The second-order valence-corrected chi connectivity index (χ2v) is 8.25. The van der Waals surface area contributed by atoms with Crippen molar-refractivity contribution in [1.29, 1.82) is 0 Å². The molecule has 0 bridgehead atoms. The Labute approximate surface area is 150 Å². The lowest BCUT2D eigenvalue weighted by Crippen LogP contribution is -2.32. The van der Waals surface area contributed by atoms with Gasteiger partial charge in [-0.1, -0.05) is 30.3 Å². The highest BCUT2D eigenvalue weighted by molar-refractivity contribution is 7.89. The molecule has 2 atom stereocenters. The van der Waals surface area contributed by atoms with Crippen LogP contribution in [0.2, 0.25) is 0 Å². The van der Waals surface area contributed by atoms with Crippen molar-refractivity contribution in [3.63, 3.8) is 0 Å². The summed E-state index contributed by atoms with van der Waals surface area (Å²) in [4.78, 5) is 9.85. The number of nitrogens with two attached hydrogens (primary N) is 1. The number of sulfonamides is 1. The van der Waals surface area contributed by atoms with Crippen LogP contribution in [0, 0.1) is 22.9 Å². The molecule has 0 aromatic heterocycles. The molecule has 0 aliphatic carbocycles. The minimum Gasteiger partial charge on any atom is -0.326 e. The standard InChI is InChI=1S/C17H18FN3O4S/c1-11-15(18)7-13(8-17(11)21(22)23)26(24,25)20-9-14(16(19)10-20)12-5-3-2-4-6-12/h2-8,14,16H,9-10,19H2,1H3/t14-,16+/m0/s1. The van der Waals surface area contributed by atoms with E-state index in [2.05, 4.69) is 0 Å². The first-order valence-electron chi connectivity index (χ1n) is 7.97. The first kappa shape index (κ1) is 18.4. The van der Waals surface area contributed by atoms with Crippen LogP contribution in [-0.2, 0) is 10.0 Å². The number of benzene rings is 2. The molecular formula is C17H18FN3O4S. The molecule has 26 heavy (non-hydrogen) atoms. The highest BCUT2D eigenvalue weighted by Gasteiger charge is 2.39. The first-order valence-corrected chi connectivity index (χ1v) is 9.41. The topological polar surface area (TPSA) is 107 Å². The van der Waals surface area contributed by atoms with Crippen molar-refractivity contribution in [2.75, 3.05) is 13.1 Å². The fraction of sp³-hybridized carbons (Fsp3) is 0.294. The Kier molecular flexibility index (Phi) is 4.78. The number of nitro groups is 1. The van der Waals surface area contributed by atoms with Crippen molar-refractivity contribution >= 4 is 15.7 Å². The van der Waals surface area contributed by atoms with Gasteiger partial charge in [0.2, 0.25) is 10.0 Å². The van der Waals surface area contributed by atoms with E-state index in [1.165, 1.54) is 6.92 Å². The third kappa shape index (κ3) is 3.20. The van der Waals surface area contributed by atoms with Crippen LogP contribution in [0.5, 0.6) is 0 Å². The monoisotopic (exact) mass is 379 g/mol. The maximum absolute atomic E-state index is 14.0. The van der Waals surface area contributed by atoms with Gasteiger partial charge in [0.25, 0.3) is 5.69 Å². The molecule has 1 aliphatic rings. The molecule has 7 nitrogen and oxygen atoms in total. The van der Waals surface area contributed by atoms with E-state index < -0.39 is 37.4 Å². The lowest BCUT2D eigenvalue weighted by Gasteiger charge is -2.17. The summed E-state index contributed by atoms with van der Waals surface area (Å²) >= 11 is 0. The molecule has 138 valence electrons. The smallest absolute Gasteiger partial charge is 0.276 e. The molecule has 0 radical (unpaired) electrons. The zero-order chi connectivity index (χ0) is 19.1. The lowest BCUT2D eigenvalue weighted by atomic mass is 9.95. The Hall–Kier alpha value is -2.36. The van der Waals surface area contributed by atoms with Gasteiger partial charge in [-0.05, 0) is 18.6 Å². The second kappa shape index (κ2) is 6.75. The third-order valence-electron chi connectivity index (χ3n) is 4.68. The lowest BCUT2D eigenvalue weighted by molar-refractivity contribution is -0.385. The van der Waals surface area contributed by atoms with Crippen LogP contribution in [0.25, 0.3) is 0 Å². The Morgan fingerprint density at radius 3 is 2.50 bits per heavy atom. The highest BCUT2D eigenvalue weighted by atomic mass is 32.2. The number of nitro benzene ring substituents is 1. The van der Waals surface area contributed by atoms with Crippen molar-refractivity contribution in [3.8, 4) is 0 Å². The van der Waals surface area contributed by atoms with Gasteiger partial charge in [0.15, 0.2) is 0 Å². The molecule has 2 N–H and O–H groups in total. The molecule has 0 amide bonds. The number of hydrogen-bond donors (Lipinski definition) is 1. The largest absolute Gasteiger partial charge is 0.326 e. The van der Waals surface area contributed by atoms with Gasteiger partial charge in [-0.3, -0.25) is 10.1 Å². The molecular weight excluding hydrogens is 361 g/mol. The number of halogens is 1. The average Bonchev–Trinajstić information content (AvgIpc) is 3.00. The van der Waals surface area contributed by atoms with Crippen molar-refractivity contribution in [2.24, 2.45) is 5.73 Å². The number of hydrogen-bond acceptors (Lipinski definition) is 5. The third-order valence-corrected chi connectivity index (χ3v) is 6.49. The van der Waals surface area contributed by atoms with E-state index in [1.54, 1.807) is 0 Å². The van der Waals surface area contributed by atoms with Gasteiger partial charge in [-0.2, -0.15) is 4.31 Å². The summed E-state index contributed by atoms with van der Waals surface area (Å²) in [5, 5.41) is 11.1. The maximum Gasteiger partial charge on any atom is 0.276 e. The summed E-state index contributed by atoms with van der Waals surface area (Å²) in [6, 6.07) is 10.6. The van der Waals surface area contributed by atoms with E-state index in [4.69, 9.17) is 5.73 Å². The first-order chi connectivity index (χ1) is 12.2. The van der Waals surface area contributed by atoms with Gasteiger partial charge in [0.1, 0.15) is 5.82 Å². The normalized spacial score (nSPS) is 21.0. The molecule has 1 fully saturated rings. The van der Waals surface area contributed by atoms with Gasteiger partial charge >= 0.3 is 0 Å². The second-order valence-electron chi connectivity index (χ2n) is 6.31. The van der Waals surface area contributed by atoms with Crippen LogP contribution in [0.1, 0.15) is 17.0 Å². The van der Waals surface area contributed by atoms with Gasteiger partial charge in [0, 0.05) is 31.1 Å². The predicted molar refractivity (Wildman–Crippen MR) is 93.7 cm³/mol. The summed E-state index contributed by atoms with van der Waals surface area (Å²) in [5.41, 5.74) is 6.27. The van der Waals surface area contributed by atoms with Gasteiger partial charge in [0.05, 0.1) is 15.4 Å². The number of rotatable bonds is 4.